The first kappa shape index (κ1) is 24.5. The average molecular weight is 413 g/mol. The Kier molecular flexibility index (Phi) is 13.9. The predicted octanol–water partition coefficient (Wildman–Crippen LogP) is 0.111. The van der Waals surface area contributed by atoms with Crippen LogP contribution in [-0.4, -0.2) is 89.0 Å². The monoisotopic (exact) mass is 413 g/mol. The van der Waals surface area contributed by atoms with Crippen molar-refractivity contribution in [2.24, 2.45) is 0 Å². The quantitative estimate of drug-likeness (QED) is 0.270. The van der Waals surface area contributed by atoms with Crippen LogP contribution in [0.5, 0.6) is 0 Å². The van der Waals surface area contributed by atoms with Crippen molar-refractivity contribution in [1.82, 2.24) is 5.32 Å². The van der Waals surface area contributed by atoms with Gasteiger partial charge in [-0.25, -0.2) is 9.59 Å². The van der Waals surface area contributed by atoms with E-state index >= 15 is 0 Å². The molecular weight excluding hydrogens is 386 g/mol. The Balaban J connectivity index is 1.80. The Morgan fingerprint density at radius 1 is 0.759 bits per heavy atom. The molecule has 1 rings (SSSR count). The second-order valence-electron chi connectivity index (χ2n) is 5.58. The van der Waals surface area contributed by atoms with Crippen LogP contribution in [0.2, 0.25) is 0 Å². The van der Waals surface area contributed by atoms with Gasteiger partial charge in [0.1, 0.15) is 19.8 Å². The van der Waals surface area contributed by atoms with Crippen LogP contribution in [0.15, 0.2) is 30.3 Å². The minimum Gasteiger partial charge on any atom is -0.480 e. The maximum absolute atomic E-state index is 11.7. The summed E-state index contributed by atoms with van der Waals surface area (Å²) in [5.41, 5.74) is 0.502. The van der Waals surface area contributed by atoms with Gasteiger partial charge in [-0.1, -0.05) is 18.2 Å². The number of aliphatic carboxylic acids is 1. The molecule has 1 amide bonds. The second-order valence-corrected chi connectivity index (χ2v) is 5.58. The smallest absolute Gasteiger partial charge is 0.338 e. The fraction of sp³-hybridized carbons (Fsp3) is 0.526. The Hall–Kier alpha value is -2.53. The third kappa shape index (κ3) is 14.2. The Labute approximate surface area is 169 Å². The summed E-state index contributed by atoms with van der Waals surface area (Å²) in [4.78, 5) is 33.1. The number of ether oxygens (including phenoxy) is 5. The van der Waals surface area contributed by atoms with Crippen LogP contribution in [0.4, 0.5) is 0 Å². The van der Waals surface area contributed by atoms with Crippen molar-refractivity contribution >= 4 is 17.8 Å². The van der Waals surface area contributed by atoms with Crippen molar-refractivity contribution in [3.05, 3.63) is 35.9 Å². The van der Waals surface area contributed by atoms with Crippen LogP contribution < -0.4 is 5.32 Å². The number of esters is 1. The van der Waals surface area contributed by atoms with E-state index in [0.717, 1.165) is 0 Å². The zero-order valence-corrected chi connectivity index (χ0v) is 16.2. The second kappa shape index (κ2) is 16.4. The third-order valence-corrected chi connectivity index (χ3v) is 3.24. The summed E-state index contributed by atoms with van der Waals surface area (Å²) in [6, 6.07) is 8.73. The van der Waals surface area contributed by atoms with E-state index in [1.54, 1.807) is 24.3 Å². The Bertz CT molecular complexity index is 595. The largest absolute Gasteiger partial charge is 0.480 e. The molecule has 162 valence electrons. The molecular formula is C19H27NO9. The van der Waals surface area contributed by atoms with Gasteiger partial charge in [-0.3, -0.25) is 4.79 Å². The molecule has 1 aromatic rings. The van der Waals surface area contributed by atoms with Gasteiger partial charge in [0.15, 0.2) is 0 Å². The maximum atomic E-state index is 11.7. The number of carbonyl (C=O) groups is 3. The van der Waals surface area contributed by atoms with E-state index in [0.29, 0.717) is 45.1 Å². The van der Waals surface area contributed by atoms with Gasteiger partial charge >= 0.3 is 11.9 Å². The molecule has 10 heteroatoms. The summed E-state index contributed by atoms with van der Waals surface area (Å²) in [5.74, 6) is -1.91. The highest BCUT2D eigenvalue weighted by atomic mass is 16.6. The maximum Gasteiger partial charge on any atom is 0.338 e. The minimum absolute atomic E-state index is 0.171. The molecule has 0 radical (unpaired) electrons. The molecule has 0 saturated heterocycles. The molecule has 0 aliphatic carbocycles. The molecule has 0 unspecified atom stereocenters. The highest BCUT2D eigenvalue weighted by molar-refractivity contribution is 5.89. The van der Waals surface area contributed by atoms with Crippen LogP contribution in [0.1, 0.15) is 10.4 Å². The van der Waals surface area contributed by atoms with Crippen LogP contribution in [-0.2, 0) is 33.3 Å². The van der Waals surface area contributed by atoms with E-state index in [1.807, 2.05) is 6.07 Å². The van der Waals surface area contributed by atoms with E-state index in [2.05, 4.69) is 10.1 Å². The highest BCUT2D eigenvalue weighted by Crippen LogP contribution is 2.00. The zero-order chi connectivity index (χ0) is 21.2. The van der Waals surface area contributed by atoms with Gasteiger partial charge in [0, 0.05) is 6.54 Å². The van der Waals surface area contributed by atoms with E-state index < -0.39 is 18.5 Å². The molecule has 0 saturated carbocycles. The number of hydrogen-bond donors (Lipinski definition) is 2. The first-order chi connectivity index (χ1) is 14.1. The lowest BCUT2D eigenvalue weighted by atomic mass is 10.2. The number of amides is 1. The third-order valence-electron chi connectivity index (χ3n) is 3.24. The van der Waals surface area contributed by atoms with Crippen LogP contribution in [0, 0.1) is 0 Å². The SMILES string of the molecule is O=C(O)COCC(=O)NCCOCCOCCOCCOC(=O)c1ccccc1. The molecule has 10 nitrogen and oxygen atoms in total. The molecule has 0 spiro atoms. The molecule has 0 atom stereocenters. The van der Waals surface area contributed by atoms with Gasteiger partial charge in [0.2, 0.25) is 5.91 Å². The summed E-state index contributed by atoms with van der Waals surface area (Å²) in [6.45, 7) is 1.73. The molecule has 29 heavy (non-hydrogen) atoms. The average Bonchev–Trinajstić information content (AvgIpc) is 2.71. The summed E-state index contributed by atoms with van der Waals surface area (Å²) in [5, 5.41) is 10.9. The van der Waals surface area contributed by atoms with E-state index in [4.69, 9.17) is 24.1 Å². The summed E-state index contributed by atoms with van der Waals surface area (Å²) in [7, 11) is 0. The molecule has 0 bridgehead atoms. The van der Waals surface area contributed by atoms with Gasteiger partial charge < -0.3 is 34.1 Å². The first-order valence-electron chi connectivity index (χ1n) is 9.11. The van der Waals surface area contributed by atoms with Crippen molar-refractivity contribution in [1.29, 1.82) is 0 Å². The molecule has 0 aliphatic rings. The van der Waals surface area contributed by atoms with Crippen molar-refractivity contribution in [3.63, 3.8) is 0 Å². The Morgan fingerprint density at radius 3 is 1.97 bits per heavy atom. The number of rotatable bonds is 17. The van der Waals surface area contributed by atoms with Crippen molar-refractivity contribution < 1.29 is 43.2 Å². The highest BCUT2D eigenvalue weighted by Gasteiger charge is 2.05. The zero-order valence-electron chi connectivity index (χ0n) is 16.2. The first-order valence-corrected chi connectivity index (χ1v) is 9.11. The summed E-state index contributed by atoms with van der Waals surface area (Å²) < 4.78 is 25.6. The minimum atomic E-state index is -1.13. The number of benzene rings is 1. The molecule has 0 aliphatic heterocycles. The lowest BCUT2D eigenvalue weighted by Crippen LogP contribution is -2.31. The number of carboxylic acid groups (broad SMARTS) is 1. The van der Waals surface area contributed by atoms with Gasteiger partial charge in [0.25, 0.3) is 0 Å². The van der Waals surface area contributed by atoms with Gasteiger partial charge in [-0.05, 0) is 12.1 Å². The lowest BCUT2D eigenvalue weighted by Gasteiger charge is -2.08. The number of carboxylic acids is 1. The number of hydrogen-bond acceptors (Lipinski definition) is 8. The topological polar surface area (TPSA) is 130 Å². The fourth-order valence-corrected chi connectivity index (χ4v) is 1.94. The Morgan fingerprint density at radius 2 is 1.34 bits per heavy atom. The number of nitrogens with one attached hydrogen (secondary N) is 1. The number of carbonyl (C=O) groups excluding carboxylic acids is 2. The van der Waals surface area contributed by atoms with Crippen LogP contribution >= 0.6 is 0 Å². The normalized spacial score (nSPS) is 10.5. The van der Waals surface area contributed by atoms with Crippen LogP contribution in [0.25, 0.3) is 0 Å². The van der Waals surface area contributed by atoms with Gasteiger partial charge in [0.05, 0.1) is 45.2 Å². The predicted molar refractivity (Wildman–Crippen MR) is 101 cm³/mol. The molecule has 1 aromatic carbocycles. The molecule has 0 aromatic heterocycles. The van der Waals surface area contributed by atoms with Gasteiger partial charge in [-0.2, -0.15) is 0 Å². The van der Waals surface area contributed by atoms with Crippen LogP contribution in [0.3, 0.4) is 0 Å². The molecule has 0 heterocycles. The van der Waals surface area contributed by atoms with E-state index in [-0.39, 0.29) is 25.8 Å². The molecule has 0 fully saturated rings. The summed E-state index contributed by atoms with van der Waals surface area (Å²) in [6.07, 6.45) is 0. The standard InChI is InChI=1S/C19H27NO9/c21-17(14-28-15-18(22)23)20-6-7-25-8-9-26-10-11-27-12-13-29-19(24)16-4-2-1-3-5-16/h1-5H,6-15H2,(H,20,21)(H,22,23). The van der Waals surface area contributed by atoms with Crippen molar-refractivity contribution in [2.45, 2.75) is 0 Å². The summed E-state index contributed by atoms with van der Waals surface area (Å²) >= 11 is 0. The molecule has 2 N–H and O–H groups in total. The van der Waals surface area contributed by atoms with Crippen molar-refractivity contribution in [3.8, 4) is 0 Å². The van der Waals surface area contributed by atoms with E-state index in [9.17, 15) is 14.4 Å². The lowest BCUT2D eigenvalue weighted by molar-refractivity contribution is -0.143. The van der Waals surface area contributed by atoms with Crippen molar-refractivity contribution in [2.75, 3.05) is 66.0 Å². The fourth-order valence-electron chi connectivity index (χ4n) is 1.94. The van der Waals surface area contributed by atoms with E-state index in [1.165, 1.54) is 0 Å². The van der Waals surface area contributed by atoms with Gasteiger partial charge in [-0.15, -0.1) is 0 Å².